The summed E-state index contributed by atoms with van der Waals surface area (Å²) in [5.74, 6) is 0. The lowest BCUT2D eigenvalue weighted by molar-refractivity contribution is 0.646. The zero-order valence-electron chi connectivity index (χ0n) is 12.6. The van der Waals surface area contributed by atoms with Gasteiger partial charge in [-0.3, -0.25) is 0 Å². The Bertz CT molecular complexity index is 563. The number of rotatable bonds is 5. The molecule has 2 aromatic carbocycles. The second-order valence-electron chi connectivity index (χ2n) is 5.35. The van der Waals surface area contributed by atoms with Crippen LogP contribution in [0.2, 0.25) is 0 Å². The first-order chi connectivity index (χ1) is 9.63. The molecule has 2 nitrogen and oxygen atoms in total. The van der Waals surface area contributed by atoms with E-state index >= 15 is 0 Å². The van der Waals surface area contributed by atoms with Crippen LogP contribution in [0.1, 0.15) is 24.5 Å². The first-order valence-corrected chi connectivity index (χ1v) is 7.26. The largest absolute Gasteiger partial charge is 0.344 e. The van der Waals surface area contributed by atoms with Crippen LogP contribution in [-0.4, -0.2) is 13.1 Å². The fraction of sp³-hybridized carbons (Fsp3) is 0.333. The van der Waals surface area contributed by atoms with Crippen LogP contribution in [0.3, 0.4) is 0 Å². The minimum Gasteiger partial charge on any atom is -0.344 e. The normalized spacial score (nSPS) is 12.2. The number of anilines is 2. The first-order valence-electron chi connectivity index (χ1n) is 7.26. The number of para-hydroxylation sites is 2. The Morgan fingerprint density at radius 1 is 1.00 bits per heavy atom. The van der Waals surface area contributed by atoms with E-state index in [-0.39, 0.29) is 6.04 Å². The molecule has 2 heteroatoms. The quantitative estimate of drug-likeness (QED) is 0.886. The summed E-state index contributed by atoms with van der Waals surface area (Å²) in [7, 11) is 2.12. The fourth-order valence-corrected chi connectivity index (χ4v) is 2.51. The standard InChI is InChI=1S/C18H24N2/c1-4-16(19)13-15-10-6-8-12-18(15)20(3)17-11-7-5-9-14(17)2/h5-12,16H,4,13,19H2,1-3H3. The molecular weight excluding hydrogens is 244 g/mol. The van der Waals surface area contributed by atoms with Crippen LogP contribution in [0.4, 0.5) is 11.4 Å². The van der Waals surface area contributed by atoms with Crippen LogP contribution in [0.15, 0.2) is 48.5 Å². The number of hydrogen-bond donors (Lipinski definition) is 1. The predicted molar refractivity (Wildman–Crippen MR) is 87.7 cm³/mol. The summed E-state index contributed by atoms with van der Waals surface area (Å²) in [4.78, 5) is 2.26. The molecule has 106 valence electrons. The van der Waals surface area contributed by atoms with Crippen molar-refractivity contribution in [2.45, 2.75) is 32.7 Å². The van der Waals surface area contributed by atoms with E-state index in [0.717, 1.165) is 12.8 Å². The maximum absolute atomic E-state index is 6.12. The smallest absolute Gasteiger partial charge is 0.0441 e. The molecule has 2 rings (SSSR count). The van der Waals surface area contributed by atoms with Crippen molar-refractivity contribution in [1.82, 2.24) is 0 Å². The number of benzene rings is 2. The zero-order valence-corrected chi connectivity index (χ0v) is 12.6. The third kappa shape index (κ3) is 3.20. The van der Waals surface area contributed by atoms with E-state index < -0.39 is 0 Å². The third-order valence-corrected chi connectivity index (χ3v) is 3.84. The first kappa shape index (κ1) is 14.6. The van der Waals surface area contributed by atoms with Crippen LogP contribution in [0.25, 0.3) is 0 Å². The van der Waals surface area contributed by atoms with Crippen molar-refractivity contribution in [2.75, 3.05) is 11.9 Å². The van der Waals surface area contributed by atoms with Crippen molar-refractivity contribution in [3.63, 3.8) is 0 Å². The Balaban J connectivity index is 2.35. The van der Waals surface area contributed by atoms with Crippen molar-refractivity contribution in [1.29, 1.82) is 0 Å². The average molecular weight is 268 g/mol. The molecule has 1 unspecified atom stereocenters. The molecule has 0 bridgehead atoms. The predicted octanol–water partition coefficient (Wildman–Crippen LogP) is 4.04. The van der Waals surface area contributed by atoms with Gasteiger partial charge in [0.2, 0.25) is 0 Å². The SMILES string of the molecule is CCC(N)Cc1ccccc1N(C)c1ccccc1C. The summed E-state index contributed by atoms with van der Waals surface area (Å²) < 4.78 is 0. The fourth-order valence-electron chi connectivity index (χ4n) is 2.51. The van der Waals surface area contributed by atoms with Crippen molar-refractivity contribution < 1.29 is 0 Å². The second kappa shape index (κ2) is 6.58. The van der Waals surface area contributed by atoms with E-state index in [9.17, 15) is 0 Å². The van der Waals surface area contributed by atoms with E-state index in [2.05, 4.69) is 74.3 Å². The van der Waals surface area contributed by atoms with Crippen LogP contribution >= 0.6 is 0 Å². The highest BCUT2D eigenvalue weighted by atomic mass is 15.1. The van der Waals surface area contributed by atoms with Crippen molar-refractivity contribution in [3.05, 3.63) is 59.7 Å². The average Bonchev–Trinajstić information content (AvgIpc) is 2.47. The van der Waals surface area contributed by atoms with E-state index in [4.69, 9.17) is 5.73 Å². The van der Waals surface area contributed by atoms with Gasteiger partial charge in [-0.15, -0.1) is 0 Å². The highest BCUT2D eigenvalue weighted by molar-refractivity contribution is 5.68. The Kier molecular flexibility index (Phi) is 4.80. The van der Waals surface area contributed by atoms with Gasteiger partial charge in [-0.1, -0.05) is 43.3 Å². The Labute approximate surface area is 122 Å². The minimum atomic E-state index is 0.224. The molecular formula is C18H24N2. The van der Waals surface area contributed by atoms with Crippen LogP contribution in [-0.2, 0) is 6.42 Å². The molecule has 0 saturated heterocycles. The van der Waals surface area contributed by atoms with Gasteiger partial charge in [0.05, 0.1) is 0 Å². The van der Waals surface area contributed by atoms with Crippen LogP contribution in [0.5, 0.6) is 0 Å². The van der Waals surface area contributed by atoms with Gasteiger partial charge in [0.25, 0.3) is 0 Å². The summed E-state index contributed by atoms with van der Waals surface area (Å²) in [5.41, 5.74) is 11.2. The van der Waals surface area contributed by atoms with Crippen molar-refractivity contribution in [3.8, 4) is 0 Å². The Morgan fingerprint density at radius 2 is 1.60 bits per heavy atom. The van der Waals surface area contributed by atoms with E-state index in [1.54, 1.807) is 0 Å². The number of nitrogens with two attached hydrogens (primary N) is 1. The van der Waals surface area contributed by atoms with E-state index in [1.807, 2.05) is 0 Å². The van der Waals surface area contributed by atoms with Gasteiger partial charge in [0.15, 0.2) is 0 Å². The number of nitrogens with zero attached hydrogens (tertiary/aromatic N) is 1. The topological polar surface area (TPSA) is 29.3 Å². The molecule has 0 fully saturated rings. The molecule has 0 radical (unpaired) electrons. The van der Waals surface area contributed by atoms with Gasteiger partial charge in [-0.2, -0.15) is 0 Å². The number of hydrogen-bond acceptors (Lipinski definition) is 2. The Morgan fingerprint density at radius 3 is 2.25 bits per heavy atom. The van der Waals surface area contributed by atoms with Gasteiger partial charge in [0, 0.05) is 24.5 Å². The molecule has 0 aliphatic carbocycles. The maximum atomic E-state index is 6.12. The van der Waals surface area contributed by atoms with Gasteiger partial charge in [0.1, 0.15) is 0 Å². The molecule has 0 spiro atoms. The van der Waals surface area contributed by atoms with Gasteiger partial charge in [-0.05, 0) is 43.0 Å². The second-order valence-corrected chi connectivity index (χ2v) is 5.35. The highest BCUT2D eigenvalue weighted by Gasteiger charge is 2.12. The number of aryl methyl sites for hydroxylation is 1. The molecule has 0 aliphatic heterocycles. The summed E-state index contributed by atoms with van der Waals surface area (Å²) in [6.07, 6.45) is 1.92. The lowest BCUT2D eigenvalue weighted by atomic mass is 10.0. The zero-order chi connectivity index (χ0) is 14.5. The molecule has 0 aromatic heterocycles. The lowest BCUT2D eigenvalue weighted by Gasteiger charge is -2.25. The Hall–Kier alpha value is -1.80. The van der Waals surface area contributed by atoms with Gasteiger partial charge < -0.3 is 10.6 Å². The van der Waals surface area contributed by atoms with Crippen molar-refractivity contribution >= 4 is 11.4 Å². The molecule has 0 aliphatic rings. The highest BCUT2D eigenvalue weighted by Crippen LogP contribution is 2.29. The van der Waals surface area contributed by atoms with Gasteiger partial charge >= 0.3 is 0 Å². The van der Waals surface area contributed by atoms with Crippen LogP contribution in [0, 0.1) is 6.92 Å². The van der Waals surface area contributed by atoms with Crippen LogP contribution < -0.4 is 10.6 Å². The summed E-state index contributed by atoms with van der Waals surface area (Å²) >= 11 is 0. The monoisotopic (exact) mass is 268 g/mol. The van der Waals surface area contributed by atoms with E-state index in [0.29, 0.717) is 0 Å². The lowest BCUT2D eigenvalue weighted by Crippen LogP contribution is -2.23. The summed E-state index contributed by atoms with van der Waals surface area (Å²) in [6.45, 7) is 4.28. The molecule has 0 amide bonds. The van der Waals surface area contributed by atoms with Gasteiger partial charge in [-0.25, -0.2) is 0 Å². The third-order valence-electron chi connectivity index (χ3n) is 3.84. The maximum Gasteiger partial charge on any atom is 0.0441 e. The molecule has 0 heterocycles. The molecule has 2 N–H and O–H groups in total. The van der Waals surface area contributed by atoms with Crippen molar-refractivity contribution in [2.24, 2.45) is 5.73 Å². The molecule has 0 saturated carbocycles. The summed E-state index contributed by atoms with van der Waals surface area (Å²) in [5, 5.41) is 0. The molecule has 2 aromatic rings. The molecule has 1 atom stereocenters. The minimum absolute atomic E-state index is 0.224. The van der Waals surface area contributed by atoms with E-state index in [1.165, 1.54) is 22.5 Å². The molecule has 20 heavy (non-hydrogen) atoms. The summed E-state index contributed by atoms with van der Waals surface area (Å²) in [6, 6.07) is 17.2.